The molecule has 0 aromatic heterocycles. The average molecular weight is 335 g/mol. The fraction of sp³-hybridized carbons (Fsp3) is 0.250. The van der Waals surface area contributed by atoms with Crippen LogP contribution in [0.5, 0.6) is 0 Å². The summed E-state index contributed by atoms with van der Waals surface area (Å²) in [6.07, 6.45) is -1.39. The molecule has 0 N–H and O–H groups in total. The van der Waals surface area contributed by atoms with Crippen molar-refractivity contribution in [2.75, 3.05) is 0 Å². The SMILES string of the molecule is Cc1c(C[B-](F)(F)F)cc(N=[N+]=[N-])cc1S(=O)(=O)F.[K+]. The number of azide groups is 1. The summed E-state index contributed by atoms with van der Waals surface area (Å²) >= 11 is 0. The fourth-order valence-electron chi connectivity index (χ4n) is 1.55. The molecule has 0 saturated carbocycles. The quantitative estimate of drug-likeness (QED) is 0.201. The molecule has 0 aliphatic rings. The van der Waals surface area contributed by atoms with Gasteiger partial charge in [0.2, 0.25) is 0 Å². The van der Waals surface area contributed by atoms with Crippen LogP contribution in [0, 0.1) is 6.92 Å². The van der Waals surface area contributed by atoms with Gasteiger partial charge in [-0.25, -0.2) is 0 Å². The molecule has 104 valence electrons. The number of hydrogen-bond acceptors (Lipinski definition) is 3. The molecule has 20 heavy (non-hydrogen) atoms. The third-order valence-electron chi connectivity index (χ3n) is 2.33. The van der Waals surface area contributed by atoms with Gasteiger partial charge in [0.05, 0.1) is 0 Å². The molecule has 1 aromatic rings. The van der Waals surface area contributed by atoms with Gasteiger partial charge in [0.15, 0.2) is 0 Å². The van der Waals surface area contributed by atoms with Gasteiger partial charge in [0, 0.05) is 10.6 Å². The van der Waals surface area contributed by atoms with Crippen LogP contribution in [-0.4, -0.2) is 15.4 Å². The first-order valence-corrected chi connectivity index (χ1v) is 6.27. The van der Waals surface area contributed by atoms with E-state index in [9.17, 15) is 25.3 Å². The molecule has 0 radical (unpaired) electrons. The summed E-state index contributed by atoms with van der Waals surface area (Å²) in [5.41, 5.74) is 7.03. The summed E-state index contributed by atoms with van der Waals surface area (Å²) in [5.74, 6) is 0. The van der Waals surface area contributed by atoms with Gasteiger partial charge in [0.25, 0.3) is 0 Å². The first-order chi connectivity index (χ1) is 8.54. The largest absolute Gasteiger partial charge is 1.00 e. The molecule has 0 fully saturated rings. The Labute approximate surface area is 155 Å². The van der Waals surface area contributed by atoms with Crippen LogP contribution < -0.4 is 51.4 Å². The third kappa shape index (κ3) is 5.72. The maximum absolute atomic E-state index is 13.0. The van der Waals surface area contributed by atoms with Gasteiger partial charge in [-0.15, -0.1) is 3.89 Å². The Morgan fingerprint density at radius 2 is 1.90 bits per heavy atom. The van der Waals surface area contributed by atoms with E-state index in [2.05, 4.69) is 10.0 Å². The molecule has 0 heterocycles. The van der Waals surface area contributed by atoms with Crippen molar-refractivity contribution in [3.05, 3.63) is 33.7 Å². The van der Waals surface area contributed by atoms with Crippen LogP contribution >= 0.6 is 0 Å². The minimum absolute atomic E-state index is 0. The summed E-state index contributed by atoms with van der Waals surface area (Å²) in [4.78, 5) is 1.40. The molecule has 0 atom stereocenters. The van der Waals surface area contributed by atoms with E-state index >= 15 is 0 Å². The zero-order chi connectivity index (χ0) is 14.8. The molecule has 1 aromatic carbocycles. The predicted octanol–water partition coefficient (Wildman–Crippen LogP) is 0.528. The van der Waals surface area contributed by atoms with Crippen molar-refractivity contribution in [3.8, 4) is 0 Å². The fourth-order valence-corrected chi connectivity index (χ4v) is 2.31. The first-order valence-electron chi connectivity index (χ1n) is 4.89. The Morgan fingerprint density at radius 1 is 1.35 bits per heavy atom. The smallest absolute Gasteiger partial charge is 0.449 e. The third-order valence-corrected chi connectivity index (χ3v) is 3.28. The van der Waals surface area contributed by atoms with Crippen LogP contribution in [0.15, 0.2) is 22.1 Å². The van der Waals surface area contributed by atoms with Gasteiger partial charge in [-0.2, -0.15) is 8.42 Å². The van der Waals surface area contributed by atoms with Crippen molar-refractivity contribution in [2.45, 2.75) is 18.1 Å². The van der Waals surface area contributed by atoms with E-state index in [0.29, 0.717) is 6.07 Å². The normalized spacial score (nSPS) is 11.4. The minimum Gasteiger partial charge on any atom is -0.449 e. The number of benzene rings is 1. The van der Waals surface area contributed by atoms with E-state index in [1.54, 1.807) is 0 Å². The maximum Gasteiger partial charge on any atom is 1.00 e. The van der Waals surface area contributed by atoms with Gasteiger partial charge in [-0.1, -0.05) is 23.1 Å². The molecule has 0 saturated heterocycles. The van der Waals surface area contributed by atoms with Crippen molar-refractivity contribution in [3.63, 3.8) is 0 Å². The summed E-state index contributed by atoms with van der Waals surface area (Å²) in [7, 11) is -5.20. The molecule has 1 rings (SSSR count). The van der Waals surface area contributed by atoms with Crippen LogP contribution in [0.1, 0.15) is 11.1 Å². The maximum atomic E-state index is 13.0. The topological polar surface area (TPSA) is 82.9 Å². The van der Waals surface area contributed by atoms with Crippen LogP contribution in [0.3, 0.4) is 0 Å². The molecule has 0 aliphatic heterocycles. The molecule has 12 heteroatoms. The molecule has 0 aliphatic carbocycles. The number of hydrogen-bond donors (Lipinski definition) is 0. The number of halogens is 4. The molecule has 0 spiro atoms. The number of rotatable bonds is 4. The van der Waals surface area contributed by atoms with Gasteiger partial charge >= 0.3 is 68.6 Å². The van der Waals surface area contributed by atoms with Crippen molar-refractivity contribution < 1.29 is 76.6 Å². The van der Waals surface area contributed by atoms with E-state index < -0.39 is 34.0 Å². The molecule has 0 bridgehead atoms. The Balaban J connectivity index is 0.00000361. The summed E-state index contributed by atoms with van der Waals surface area (Å²) < 4.78 is 71.8. The molecular weight excluding hydrogens is 328 g/mol. The molecule has 5 nitrogen and oxygen atoms in total. The zero-order valence-corrected chi connectivity index (χ0v) is 14.5. The van der Waals surface area contributed by atoms with Gasteiger partial charge < -0.3 is 12.9 Å². The van der Waals surface area contributed by atoms with Crippen molar-refractivity contribution in [1.29, 1.82) is 0 Å². The Bertz CT molecular complexity index is 658. The number of nitrogens with zero attached hydrogens (tertiary/aromatic N) is 3. The Hall–Kier alpha value is -0.0987. The summed E-state index contributed by atoms with van der Waals surface area (Å²) in [6.45, 7) is -4.18. The summed E-state index contributed by atoms with van der Waals surface area (Å²) in [6, 6.07) is 1.58. The second-order valence-corrected chi connectivity index (χ2v) is 5.09. The second kappa shape index (κ2) is 7.25. The second-order valence-electron chi connectivity index (χ2n) is 3.77. The van der Waals surface area contributed by atoms with Crippen LogP contribution in [0.25, 0.3) is 10.4 Å². The summed E-state index contributed by atoms with van der Waals surface area (Å²) in [5, 5.41) is 3.00. The monoisotopic (exact) mass is 335 g/mol. The average Bonchev–Trinajstić information content (AvgIpc) is 2.19. The van der Waals surface area contributed by atoms with Crippen molar-refractivity contribution in [2.24, 2.45) is 5.11 Å². The van der Waals surface area contributed by atoms with Crippen LogP contribution in [-0.2, 0) is 16.5 Å². The molecule has 0 amide bonds. The van der Waals surface area contributed by atoms with E-state index in [1.807, 2.05) is 0 Å². The van der Waals surface area contributed by atoms with E-state index in [1.165, 1.54) is 0 Å². The Kier molecular flexibility index (Phi) is 7.22. The molecular formula is C8H7BF4KN3O2S. The molecule has 0 unspecified atom stereocenters. The van der Waals surface area contributed by atoms with Crippen LogP contribution in [0.4, 0.5) is 22.5 Å². The zero-order valence-electron chi connectivity index (χ0n) is 10.5. The Morgan fingerprint density at radius 3 is 2.30 bits per heavy atom. The first kappa shape index (κ1) is 19.9. The van der Waals surface area contributed by atoms with Crippen molar-refractivity contribution in [1.82, 2.24) is 0 Å². The van der Waals surface area contributed by atoms with E-state index in [-0.39, 0.29) is 62.6 Å². The standard InChI is InChI=1S/C8H7BF4N3O2S.K/c1-5-6(4-9(10,11)12)2-7(15-16-14)3-8(5)19(13,17)18;/h2-3H,4H2,1H3;/q-1;+1. The van der Waals surface area contributed by atoms with Gasteiger partial charge in [-0.05, 0) is 24.1 Å². The van der Waals surface area contributed by atoms with Gasteiger partial charge in [0.1, 0.15) is 4.90 Å². The van der Waals surface area contributed by atoms with E-state index in [0.717, 1.165) is 13.0 Å². The minimum atomic E-state index is -5.23. The van der Waals surface area contributed by atoms with E-state index in [4.69, 9.17) is 5.53 Å². The van der Waals surface area contributed by atoms with Crippen molar-refractivity contribution >= 4 is 22.9 Å². The predicted molar refractivity (Wildman–Crippen MR) is 61.1 cm³/mol. The van der Waals surface area contributed by atoms with Gasteiger partial charge in [-0.3, -0.25) is 0 Å². The van der Waals surface area contributed by atoms with Crippen LogP contribution in [0.2, 0.25) is 0 Å².